The van der Waals surface area contributed by atoms with Crippen molar-refractivity contribution < 1.29 is 15.3 Å². The van der Waals surface area contributed by atoms with E-state index in [1.165, 1.54) is 6.92 Å². The van der Waals surface area contributed by atoms with Gasteiger partial charge in [-0.3, -0.25) is 0 Å². The van der Waals surface area contributed by atoms with Gasteiger partial charge in [-0.2, -0.15) is 0 Å². The van der Waals surface area contributed by atoms with E-state index >= 15 is 0 Å². The fourth-order valence-corrected chi connectivity index (χ4v) is 1.68. The Kier molecular flexibility index (Phi) is 3.89. The molecule has 0 amide bonds. The molecule has 0 heterocycles. The van der Waals surface area contributed by atoms with Gasteiger partial charge in [-0.05, 0) is 18.6 Å². The summed E-state index contributed by atoms with van der Waals surface area (Å²) in [7, 11) is 0. The lowest BCUT2D eigenvalue weighted by Gasteiger charge is -2.22. The van der Waals surface area contributed by atoms with Crippen LogP contribution in [0.25, 0.3) is 0 Å². The Hall–Kier alpha value is -0.610. The third-order valence-electron chi connectivity index (χ3n) is 2.11. The van der Waals surface area contributed by atoms with Gasteiger partial charge in [-0.1, -0.05) is 29.8 Å². The summed E-state index contributed by atoms with van der Waals surface area (Å²) in [4.78, 5) is 0. The quantitative estimate of drug-likeness (QED) is 0.664. The van der Waals surface area contributed by atoms with E-state index in [1.807, 2.05) is 0 Å². The summed E-state index contributed by atoms with van der Waals surface area (Å²) in [6.07, 6.45) is -2.48. The van der Waals surface area contributed by atoms with Gasteiger partial charge in [0.25, 0.3) is 0 Å². The highest BCUT2D eigenvalue weighted by atomic mass is 35.5. The zero-order chi connectivity index (χ0) is 10.7. The Morgan fingerprint density at radius 2 is 1.71 bits per heavy atom. The van der Waals surface area contributed by atoms with E-state index in [9.17, 15) is 5.11 Å². The van der Waals surface area contributed by atoms with Crippen LogP contribution in [-0.4, -0.2) is 27.7 Å². The molecule has 3 N–H and O–H groups in total. The van der Waals surface area contributed by atoms with Crippen LogP contribution in [0.1, 0.15) is 18.4 Å². The van der Waals surface area contributed by atoms with Crippen molar-refractivity contribution in [3.8, 4) is 0 Å². The Balaban J connectivity index is 3.05. The summed E-state index contributed by atoms with van der Waals surface area (Å²) in [6.45, 7) is 1.49. The molecular weight excluding hydrogens is 204 g/mol. The van der Waals surface area contributed by atoms with Gasteiger partial charge in [0.1, 0.15) is 0 Å². The molecule has 1 aromatic carbocycles. The number of halogens is 1. The van der Waals surface area contributed by atoms with E-state index in [1.54, 1.807) is 24.3 Å². The van der Waals surface area contributed by atoms with E-state index in [-0.39, 0.29) is 0 Å². The Morgan fingerprint density at radius 3 is 2.14 bits per heavy atom. The maximum Gasteiger partial charge on any atom is 0.160 e. The molecule has 14 heavy (non-hydrogen) atoms. The molecule has 0 spiro atoms. The molecule has 0 aliphatic rings. The molecule has 0 bridgehead atoms. The van der Waals surface area contributed by atoms with Gasteiger partial charge in [0.15, 0.2) is 6.29 Å². The standard InChI is InChI=1S/C10H13ClO3/c1-6(12)9(10(13)14)7-4-2-3-5-8(7)11/h2-6,9-10,12-14H,1H3/t6-,9+/m0/s1. The summed E-state index contributed by atoms with van der Waals surface area (Å²) >= 11 is 5.87. The lowest BCUT2D eigenvalue weighted by molar-refractivity contribution is -0.0857. The van der Waals surface area contributed by atoms with Gasteiger partial charge in [0.05, 0.1) is 12.0 Å². The minimum Gasteiger partial charge on any atom is -0.393 e. The molecule has 0 saturated carbocycles. The number of aliphatic hydroxyl groups is 3. The zero-order valence-corrected chi connectivity index (χ0v) is 8.52. The third-order valence-corrected chi connectivity index (χ3v) is 2.45. The SMILES string of the molecule is C[C@H](O)[C@H](c1ccccc1Cl)C(O)O. The maximum atomic E-state index is 9.38. The van der Waals surface area contributed by atoms with Crippen molar-refractivity contribution in [3.05, 3.63) is 34.9 Å². The highest BCUT2D eigenvalue weighted by Gasteiger charge is 2.25. The molecule has 0 saturated heterocycles. The summed E-state index contributed by atoms with van der Waals surface area (Å²) in [5.41, 5.74) is 0.541. The molecule has 0 radical (unpaired) electrons. The number of rotatable bonds is 3. The van der Waals surface area contributed by atoms with Crippen LogP contribution in [-0.2, 0) is 0 Å². The first-order valence-electron chi connectivity index (χ1n) is 4.32. The Morgan fingerprint density at radius 1 is 1.14 bits per heavy atom. The first-order valence-corrected chi connectivity index (χ1v) is 4.70. The van der Waals surface area contributed by atoms with Crippen molar-refractivity contribution in [2.75, 3.05) is 0 Å². The lowest BCUT2D eigenvalue weighted by atomic mass is 9.93. The van der Waals surface area contributed by atoms with Crippen molar-refractivity contribution in [2.45, 2.75) is 25.2 Å². The summed E-state index contributed by atoms with van der Waals surface area (Å²) in [5, 5.41) is 28.0. The summed E-state index contributed by atoms with van der Waals surface area (Å²) in [5.74, 6) is -0.774. The van der Waals surface area contributed by atoms with E-state index < -0.39 is 18.3 Å². The average molecular weight is 217 g/mol. The average Bonchev–Trinajstić information content (AvgIpc) is 2.07. The van der Waals surface area contributed by atoms with Crippen LogP contribution >= 0.6 is 11.6 Å². The molecule has 0 aliphatic carbocycles. The number of hydrogen-bond acceptors (Lipinski definition) is 3. The van der Waals surface area contributed by atoms with Crippen molar-refractivity contribution >= 4 is 11.6 Å². The van der Waals surface area contributed by atoms with Crippen LogP contribution < -0.4 is 0 Å². The van der Waals surface area contributed by atoms with E-state index in [2.05, 4.69) is 0 Å². The lowest BCUT2D eigenvalue weighted by Crippen LogP contribution is -2.27. The van der Waals surface area contributed by atoms with Gasteiger partial charge >= 0.3 is 0 Å². The van der Waals surface area contributed by atoms with Gasteiger partial charge in [0, 0.05) is 5.02 Å². The Labute approximate surface area is 87.6 Å². The molecule has 0 aliphatic heterocycles. The van der Waals surface area contributed by atoms with Crippen LogP contribution in [0.5, 0.6) is 0 Å². The minimum absolute atomic E-state index is 0.423. The smallest absolute Gasteiger partial charge is 0.160 e. The predicted molar refractivity (Wildman–Crippen MR) is 54.1 cm³/mol. The number of aliphatic hydroxyl groups excluding tert-OH is 2. The van der Waals surface area contributed by atoms with Crippen LogP contribution in [0.15, 0.2) is 24.3 Å². The number of benzene rings is 1. The molecule has 0 aromatic heterocycles. The van der Waals surface area contributed by atoms with Crippen molar-refractivity contribution in [2.24, 2.45) is 0 Å². The van der Waals surface area contributed by atoms with E-state index in [4.69, 9.17) is 21.8 Å². The largest absolute Gasteiger partial charge is 0.393 e. The highest BCUT2D eigenvalue weighted by molar-refractivity contribution is 6.31. The van der Waals surface area contributed by atoms with Crippen LogP contribution in [0, 0.1) is 0 Å². The zero-order valence-electron chi connectivity index (χ0n) is 7.76. The predicted octanol–water partition coefficient (Wildman–Crippen LogP) is 1.12. The van der Waals surface area contributed by atoms with Crippen LogP contribution in [0.3, 0.4) is 0 Å². The van der Waals surface area contributed by atoms with Crippen LogP contribution in [0.4, 0.5) is 0 Å². The molecule has 4 heteroatoms. The second-order valence-corrected chi connectivity index (χ2v) is 3.61. The van der Waals surface area contributed by atoms with Crippen LogP contribution in [0.2, 0.25) is 5.02 Å². The topological polar surface area (TPSA) is 60.7 Å². The van der Waals surface area contributed by atoms with Crippen molar-refractivity contribution in [1.29, 1.82) is 0 Å². The second kappa shape index (κ2) is 4.75. The van der Waals surface area contributed by atoms with Crippen molar-refractivity contribution in [1.82, 2.24) is 0 Å². The van der Waals surface area contributed by atoms with Gasteiger partial charge in [-0.25, -0.2) is 0 Å². The molecule has 2 atom stereocenters. The first kappa shape index (κ1) is 11.5. The fourth-order valence-electron chi connectivity index (χ4n) is 1.42. The third kappa shape index (κ3) is 2.45. The molecule has 0 fully saturated rings. The molecule has 0 unspecified atom stereocenters. The molecular formula is C10H13ClO3. The molecule has 3 nitrogen and oxygen atoms in total. The minimum atomic E-state index is -1.62. The van der Waals surface area contributed by atoms with Gasteiger partial charge in [0.2, 0.25) is 0 Å². The van der Waals surface area contributed by atoms with E-state index in [0.29, 0.717) is 10.6 Å². The van der Waals surface area contributed by atoms with Gasteiger partial charge in [-0.15, -0.1) is 0 Å². The second-order valence-electron chi connectivity index (χ2n) is 3.20. The normalized spacial score (nSPS) is 15.6. The fraction of sp³-hybridized carbons (Fsp3) is 0.400. The molecule has 78 valence electrons. The molecule has 1 rings (SSSR count). The summed E-state index contributed by atoms with van der Waals surface area (Å²) < 4.78 is 0. The first-order chi connectivity index (χ1) is 6.54. The highest BCUT2D eigenvalue weighted by Crippen LogP contribution is 2.28. The maximum absolute atomic E-state index is 9.38. The van der Waals surface area contributed by atoms with Crippen molar-refractivity contribution in [3.63, 3.8) is 0 Å². The Bertz CT molecular complexity index is 291. The van der Waals surface area contributed by atoms with Gasteiger partial charge < -0.3 is 15.3 Å². The monoisotopic (exact) mass is 216 g/mol. The summed E-state index contributed by atoms with van der Waals surface area (Å²) in [6, 6.07) is 6.79. The molecule has 1 aromatic rings. The van der Waals surface area contributed by atoms with E-state index in [0.717, 1.165) is 0 Å². The number of hydrogen-bond donors (Lipinski definition) is 3.